The fourth-order valence-electron chi connectivity index (χ4n) is 5.15. The number of aryl methyl sites for hydroxylation is 1. The van der Waals surface area contributed by atoms with Crippen molar-refractivity contribution in [1.82, 2.24) is 9.80 Å². The van der Waals surface area contributed by atoms with Crippen LogP contribution in [0.3, 0.4) is 0 Å². The Hall–Kier alpha value is -2.37. The molecule has 0 aliphatic carbocycles. The Bertz CT molecular complexity index is 906. The van der Waals surface area contributed by atoms with Gasteiger partial charge in [0.25, 0.3) is 0 Å². The van der Waals surface area contributed by atoms with Crippen molar-refractivity contribution in [3.63, 3.8) is 0 Å². The maximum atomic E-state index is 12.1. The minimum Gasteiger partial charge on any atom is -0.494 e. The molecule has 3 aliphatic heterocycles. The SMILES string of the molecule is O=C1CCc2cc(OCCCCN3CCN(Cc4ccccc4)CC3)cc3c2N1CC3. The molecule has 1 amide bonds. The van der Waals surface area contributed by atoms with Crippen LogP contribution in [-0.4, -0.2) is 61.6 Å². The molecule has 0 atom stereocenters. The number of unbranched alkanes of at least 4 members (excludes halogenated alkanes) is 1. The molecule has 0 saturated carbocycles. The molecule has 5 heteroatoms. The Balaban J connectivity index is 1.01. The highest BCUT2D eigenvalue weighted by Crippen LogP contribution is 2.39. The molecule has 0 spiro atoms. The van der Waals surface area contributed by atoms with Gasteiger partial charge in [0.2, 0.25) is 5.91 Å². The summed E-state index contributed by atoms with van der Waals surface area (Å²) in [6.07, 6.45) is 4.71. The highest BCUT2D eigenvalue weighted by molar-refractivity contribution is 5.98. The summed E-state index contributed by atoms with van der Waals surface area (Å²) in [5, 5.41) is 0. The first-order valence-corrected chi connectivity index (χ1v) is 11.8. The van der Waals surface area contributed by atoms with Gasteiger partial charge < -0.3 is 14.5 Å². The van der Waals surface area contributed by atoms with Gasteiger partial charge in [-0.05, 0) is 61.1 Å². The number of hydrogen-bond donors (Lipinski definition) is 0. The molecule has 0 N–H and O–H groups in total. The fraction of sp³-hybridized carbons (Fsp3) is 0.500. The Labute approximate surface area is 185 Å². The Morgan fingerprint density at radius 2 is 1.55 bits per heavy atom. The molecule has 0 unspecified atom stereocenters. The van der Waals surface area contributed by atoms with Crippen molar-refractivity contribution in [2.24, 2.45) is 0 Å². The van der Waals surface area contributed by atoms with E-state index >= 15 is 0 Å². The van der Waals surface area contributed by atoms with Gasteiger partial charge in [0.05, 0.1) is 12.3 Å². The summed E-state index contributed by atoms with van der Waals surface area (Å²) in [5.74, 6) is 1.26. The van der Waals surface area contributed by atoms with Crippen LogP contribution in [0.15, 0.2) is 42.5 Å². The number of nitrogens with zero attached hydrogens (tertiary/aromatic N) is 3. The molecule has 5 nitrogen and oxygen atoms in total. The number of amides is 1. The molecular formula is C26H33N3O2. The lowest BCUT2D eigenvalue weighted by Gasteiger charge is -2.34. The largest absolute Gasteiger partial charge is 0.494 e. The van der Waals surface area contributed by atoms with E-state index in [0.717, 1.165) is 77.4 Å². The van der Waals surface area contributed by atoms with Crippen molar-refractivity contribution in [2.45, 2.75) is 38.6 Å². The van der Waals surface area contributed by atoms with E-state index in [1.807, 2.05) is 4.90 Å². The number of benzene rings is 2. The average Bonchev–Trinajstić information content (AvgIpc) is 3.23. The standard InChI is InChI=1S/C26H33N3O2/c30-25-9-8-22-18-24(19-23-10-12-29(25)26(22)23)31-17-5-4-11-27-13-15-28(16-14-27)20-21-6-2-1-3-7-21/h1-3,6-7,18-19H,4-5,8-17,20H2. The third kappa shape index (κ3) is 4.78. The smallest absolute Gasteiger partial charge is 0.227 e. The van der Waals surface area contributed by atoms with E-state index in [9.17, 15) is 4.79 Å². The number of hydrogen-bond acceptors (Lipinski definition) is 4. The lowest BCUT2D eigenvalue weighted by molar-refractivity contribution is -0.118. The molecule has 3 heterocycles. The maximum Gasteiger partial charge on any atom is 0.227 e. The summed E-state index contributed by atoms with van der Waals surface area (Å²) >= 11 is 0. The van der Waals surface area contributed by atoms with Crippen LogP contribution in [0.1, 0.15) is 36.0 Å². The zero-order valence-electron chi connectivity index (χ0n) is 18.4. The number of ether oxygens (including phenoxy) is 1. The van der Waals surface area contributed by atoms with Crippen LogP contribution in [-0.2, 0) is 24.2 Å². The van der Waals surface area contributed by atoms with Gasteiger partial charge in [0.15, 0.2) is 0 Å². The predicted octanol–water partition coefficient (Wildman–Crippen LogP) is 3.50. The van der Waals surface area contributed by atoms with Gasteiger partial charge in [-0.3, -0.25) is 9.69 Å². The van der Waals surface area contributed by atoms with Gasteiger partial charge >= 0.3 is 0 Å². The summed E-state index contributed by atoms with van der Waals surface area (Å²) in [6, 6.07) is 15.1. The molecule has 0 aromatic heterocycles. The van der Waals surface area contributed by atoms with Gasteiger partial charge in [-0.1, -0.05) is 30.3 Å². The van der Waals surface area contributed by atoms with Crippen LogP contribution in [0, 0.1) is 0 Å². The monoisotopic (exact) mass is 419 g/mol. The number of anilines is 1. The number of carbonyl (C=O) groups excluding carboxylic acids is 1. The average molecular weight is 420 g/mol. The summed E-state index contributed by atoms with van der Waals surface area (Å²) in [4.78, 5) is 19.2. The second-order valence-electron chi connectivity index (χ2n) is 9.04. The molecule has 1 fully saturated rings. The van der Waals surface area contributed by atoms with Gasteiger partial charge in [0.1, 0.15) is 5.75 Å². The molecular weight excluding hydrogens is 386 g/mol. The van der Waals surface area contributed by atoms with E-state index in [1.54, 1.807) is 0 Å². The quantitative estimate of drug-likeness (QED) is 0.614. The second kappa shape index (κ2) is 9.41. The molecule has 31 heavy (non-hydrogen) atoms. The van der Waals surface area contributed by atoms with Crippen LogP contribution < -0.4 is 9.64 Å². The third-order valence-corrected chi connectivity index (χ3v) is 6.88. The molecule has 5 rings (SSSR count). The number of rotatable bonds is 8. The van der Waals surface area contributed by atoms with Crippen LogP contribution >= 0.6 is 0 Å². The topological polar surface area (TPSA) is 36.0 Å². The molecule has 3 aliphatic rings. The van der Waals surface area contributed by atoms with Crippen LogP contribution in [0.5, 0.6) is 5.75 Å². The minimum atomic E-state index is 0.279. The van der Waals surface area contributed by atoms with Crippen molar-refractivity contribution >= 4 is 11.6 Å². The second-order valence-corrected chi connectivity index (χ2v) is 9.04. The minimum absolute atomic E-state index is 0.279. The van der Waals surface area contributed by atoms with Gasteiger partial charge in [0, 0.05) is 45.7 Å². The van der Waals surface area contributed by atoms with Crippen molar-refractivity contribution < 1.29 is 9.53 Å². The van der Waals surface area contributed by atoms with Gasteiger partial charge in [-0.2, -0.15) is 0 Å². The van der Waals surface area contributed by atoms with Crippen LogP contribution in [0.2, 0.25) is 0 Å². The van der Waals surface area contributed by atoms with E-state index in [-0.39, 0.29) is 5.91 Å². The van der Waals surface area contributed by atoms with Crippen molar-refractivity contribution in [3.8, 4) is 5.75 Å². The predicted molar refractivity (Wildman–Crippen MR) is 124 cm³/mol. The van der Waals surface area contributed by atoms with Gasteiger partial charge in [-0.15, -0.1) is 0 Å². The molecule has 2 aromatic rings. The molecule has 164 valence electrons. The highest BCUT2D eigenvalue weighted by Gasteiger charge is 2.31. The summed E-state index contributed by atoms with van der Waals surface area (Å²) in [6.45, 7) is 8.48. The highest BCUT2D eigenvalue weighted by atomic mass is 16.5. The Morgan fingerprint density at radius 1 is 0.806 bits per heavy atom. The van der Waals surface area contributed by atoms with Gasteiger partial charge in [-0.25, -0.2) is 0 Å². The first-order chi connectivity index (χ1) is 15.3. The Kier molecular flexibility index (Phi) is 6.23. The Morgan fingerprint density at radius 3 is 2.35 bits per heavy atom. The molecule has 0 bridgehead atoms. The van der Waals surface area contributed by atoms with Crippen LogP contribution in [0.25, 0.3) is 0 Å². The lowest BCUT2D eigenvalue weighted by Crippen LogP contribution is -2.46. The fourth-order valence-corrected chi connectivity index (χ4v) is 5.15. The zero-order chi connectivity index (χ0) is 21.0. The number of piperazine rings is 1. The summed E-state index contributed by atoms with van der Waals surface area (Å²) in [7, 11) is 0. The lowest BCUT2D eigenvalue weighted by atomic mass is 9.99. The first kappa shape index (κ1) is 20.5. The molecule has 1 saturated heterocycles. The summed E-state index contributed by atoms with van der Waals surface area (Å²) in [5.41, 5.74) is 5.16. The van der Waals surface area contributed by atoms with Crippen molar-refractivity contribution in [1.29, 1.82) is 0 Å². The maximum absolute atomic E-state index is 12.1. The van der Waals surface area contributed by atoms with E-state index in [0.29, 0.717) is 6.42 Å². The van der Waals surface area contributed by atoms with Crippen LogP contribution in [0.4, 0.5) is 5.69 Å². The van der Waals surface area contributed by atoms with E-state index in [1.165, 1.54) is 28.8 Å². The molecule has 2 aromatic carbocycles. The van der Waals surface area contributed by atoms with Crippen molar-refractivity contribution in [3.05, 3.63) is 59.2 Å². The van der Waals surface area contributed by atoms with Crippen molar-refractivity contribution in [2.75, 3.05) is 50.8 Å². The summed E-state index contributed by atoms with van der Waals surface area (Å²) < 4.78 is 6.10. The zero-order valence-corrected chi connectivity index (χ0v) is 18.4. The van der Waals surface area contributed by atoms with E-state index in [4.69, 9.17) is 4.74 Å². The molecule has 0 radical (unpaired) electrons. The third-order valence-electron chi connectivity index (χ3n) is 6.88. The van der Waals surface area contributed by atoms with E-state index in [2.05, 4.69) is 52.3 Å². The first-order valence-electron chi connectivity index (χ1n) is 11.8. The normalized spacial score (nSPS) is 19.0. The van der Waals surface area contributed by atoms with E-state index < -0.39 is 0 Å². The number of carbonyl (C=O) groups is 1.